The summed E-state index contributed by atoms with van der Waals surface area (Å²) in [4.78, 5) is 11.9. The van der Waals surface area contributed by atoms with E-state index in [1.54, 1.807) is 36.8 Å². The van der Waals surface area contributed by atoms with Gasteiger partial charge in [0.2, 0.25) is 5.95 Å². The van der Waals surface area contributed by atoms with E-state index < -0.39 is 10.8 Å². The molecule has 1 fully saturated rings. The first kappa shape index (κ1) is 16.6. The molecule has 27 heavy (non-hydrogen) atoms. The lowest BCUT2D eigenvalue weighted by Gasteiger charge is -2.18. The zero-order valence-electron chi connectivity index (χ0n) is 14.9. The number of anilines is 2. The molecular formula is C21H18FN3OS. The first-order valence-corrected chi connectivity index (χ1v) is 10.5. The Hall–Kier alpha value is -2.60. The van der Waals surface area contributed by atoms with Gasteiger partial charge in [0.15, 0.2) is 0 Å². The van der Waals surface area contributed by atoms with Crippen LogP contribution in [0.4, 0.5) is 16.0 Å². The van der Waals surface area contributed by atoms with Crippen LogP contribution in [0.2, 0.25) is 0 Å². The molecule has 1 unspecified atom stereocenters. The highest BCUT2D eigenvalue weighted by molar-refractivity contribution is 7.84. The maximum atomic E-state index is 14.0. The first-order valence-electron chi connectivity index (χ1n) is 8.90. The quantitative estimate of drug-likeness (QED) is 0.684. The van der Waals surface area contributed by atoms with E-state index in [0.29, 0.717) is 17.1 Å². The van der Waals surface area contributed by atoms with Crippen molar-refractivity contribution in [3.63, 3.8) is 0 Å². The monoisotopic (exact) mass is 379 g/mol. The predicted octanol–water partition coefficient (Wildman–Crippen LogP) is 4.20. The molecule has 1 saturated carbocycles. The molecule has 2 aromatic carbocycles. The van der Waals surface area contributed by atoms with Gasteiger partial charge in [0, 0.05) is 63.1 Å². The second kappa shape index (κ2) is 5.96. The smallest absolute Gasteiger partial charge is 0.229 e. The predicted molar refractivity (Wildman–Crippen MR) is 104 cm³/mol. The number of hydrogen-bond donors (Lipinski definition) is 0. The van der Waals surface area contributed by atoms with Crippen molar-refractivity contribution in [1.29, 1.82) is 0 Å². The molecule has 0 N–H and O–H groups in total. The van der Waals surface area contributed by atoms with Crippen LogP contribution in [0.15, 0.2) is 59.8 Å². The molecule has 2 aliphatic rings. The Morgan fingerprint density at radius 2 is 1.85 bits per heavy atom. The molecule has 1 aliphatic heterocycles. The van der Waals surface area contributed by atoms with Gasteiger partial charge in [-0.2, -0.15) is 0 Å². The Bertz CT molecular complexity index is 1060. The molecule has 0 saturated heterocycles. The Labute approximate surface area is 159 Å². The Morgan fingerprint density at radius 1 is 1.11 bits per heavy atom. The third-order valence-corrected chi connectivity index (χ3v) is 6.46. The fourth-order valence-electron chi connectivity index (χ4n) is 3.89. The van der Waals surface area contributed by atoms with Crippen molar-refractivity contribution in [3.8, 4) is 11.1 Å². The minimum atomic E-state index is -1.04. The largest absolute Gasteiger partial charge is 0.309 e. The molecule has 5 rings (SSSR count). The molecular weight excluding hydrogens is 361 g/mol. The second-order valence-electron chi connectivity index (χ2n) is 7.25. The van der Waals surface area contributed by atoms with E-state index in [2.05, 4.69) is 20.9 Å². The summed E-state index contributed by atoms with van der Waals surface area (Å²) in [6.45, 7) is 0.835. The van der Waals surface area contributed by atoms with Gasteiger partial charge in [-0.1, -0.05) is 24.3 Å². The molecule has 136 valence electrons. The Kier molecular flexibility index (Phi) is 3.65. The van der Waals surface area contributed by atoms with Gasteiger partial charge in [-0.25, -0.2) is 14.4 Å². The summed E-state index contributed by atoms with van der Waals surface area (Å²) in [7, 11) is -1.04. The third kappa shape index (κ3) is 2.67. The second-order valence-corrected chi connectivity index (χ2v) is 8.63. The van der Waals surface area contributed by atoms with Crippen LogP contribution in [0.5, 0.6) is 0 Å². The average molecular weight is 379 g/mol. The number of benzene rings is 2. The molecule has 0 amide bonds. The lowest BCUT2D eigenvalue weighted by atomic mass is 9.99. The summed E-state index contributed by atoms with van der Waals surface area (Å²) in [5, 5.41) is 0. The lowest BCUT2D eigenvalue weighted by molar-refractivity contribution is 0.631. The summed E-state index contributed by atoms with van der Waals surface area (Å²) in [6, 6.07) is 12.7. The summed E-state index contributed by atoms with van der Waals surface area (Å²) in [6.07, 6.45) is 7.32. The van der Waals surface area contributed by atoms with Crippen LogP contribution in [0, 0.1) is 5.82 Å². The van der Waals surface area contributed by atoms with Crippen LogP contribution in [0.3, 0.4) is 0 Å². The summed E-state index contributed by atoms with van der Waals surface area (Å²) >= 11 is 0. The van der Waals surface area contributed by atoms with Crippen LogP contribution in [0.25, 0.3) is 11.1 Å². The van der Waals surface area contributed by atoms with Crippen LogP contribution >= 0.6 is 0 Å². The molecule has 1 aromatic heterocycles. The topological polar surface area (TPSA) is 46.1 Å². The zero-order valence-corrected chi connectivity index (χ0v) is 15.7. The van der Waals surface area contributed by atoms with Gasteiger partial charge in [-0.15, -0.1) is 0 Å². The van der Waals surface area contributed by atoms with Gasteiger partial charge < -0.3 is 4.90 Å². The van der Waals surface area contributed by atoms with Gasteiger partial charge in [-0.3, -0.25) is 4.21 Å². The molecule has 2 heterocycles. The van der Waals surface area contributed by atoms with E-state index in [-0.39, 0.29) is 11.2 Å². The lowest BCUT2D eigenvalue weighted by Crippen LogP contribution is -2.21. The van der Waals surface area contributed by atoms with Gasteiger partial charge in [0.05, 0.1) is 0 Å². The molecule has 0 radical (unpaired) electrons. The summed E-state index contributed by atoms with van der Waals surface area (Å²) in [5.74, 6) is 0.312. The van der Waals surface area contributed by atoms with E-state index in [1.165, 1.54) is 11.6 Å². The first-order chi connectivity index (χ1) is 13.1. The van der Waals surface area contributed by atoms with Crippen LogP contribution < -0.4 is 4.90 Å². The minimum absolute atomic E-state index is 0.177. The Morgan fingerprint density at radius 3 is 2.52 bits per heavy atom. The number of nitrogens with zero attached hydrogens (tertiary/aromatic N) is 3. The molecule has 1 atom stereocenters. The van der Waals surface area contributed by atoms with E-state index >= 15 is 0 Å². The molecule has 6 heteroatoms. The zero-order chi connectivity index (χ0) is 18.6. The van der Waals surface area contributed by atoms with Crippen LogP contribution in [-0.2, 0) is 16.2 Å². The van der Waals surface area contributed by atoms with Crippen molar-refractivity contribution in [3.05, 3.63) is 66.2 Å². The van der Waals surface area contributed by atoms with Crippen molar-refractivity contribution >= 4 is 22.4 Å². The van der Waals surface area contributed by atoms with Gasteiger partial charge in [0.1, 0.15) is 5.82 Å². The molecule has 4 nitrogen and oxygen atoms in total. The van der Waals surface area contributed by atoms with Crippen molar-refractivity contribution in [2.24, 2.45) is 0 Å². The summed E-state index contributed by atoms with van der Waals surface area (Å²) < 4.78 is 25.9. The van der Waals surface area contributed by atoms with Gasteiger partial charge in [-0.05, 0) is 36.6 Å². The highest BCUT2D eigenvalue weighted by Crippen LogP contribution is 2.57. The van der Waals surface area contributed by atoms with Gasteiger partial charge in [0.25, 0.3) is 0 Å². The van der Waals surface area contributed by atoms with Crippen molar-refractivity contribution in [1.82, 2.24) is 9.97 Å². The SMILES string of the molecule is CS(=O)c1ccc2c(c1)N(c1ncc(-c3ccccc3F)cn1)CC21CC1. The summed E-state index contributed by atoms with van der Waals surface area (Å²) in [5.41, 5.74) is 3.66. The highest BCUT2D eigenvalue weighted by atomic mass is 32.2. The maximum Gasteiger partial charge on any atom is 0.229 e. The number of fused-ring (bicyclic) bond motifs is 2. The van der Waals surface area contributed by atoms with E-state index in [9.17, 15) is 8.60 Å². The number of halogens is 1. The molecule has 3 aromatic rings. The normalized spacial score (nSPS) is 17.8. The van der Waals surface area contributed by atoms with Crippen LogP contribution in [0.1, 0.15) is 18.4 Å². The van der Waals surface area contributed by atoms with E-state index in [1.807, 2.05) is 12.1 Å². The van der Waals surface area contributed by atoms with Gasteiger partial charge >= 0.3 is 0 Å². The fourth-order valence-corrected chi connectivity index (χ4v) is 4.42. The van der Waals surface area contributed by atoms with E-state index in [0.717, 1.165) is 30.0 Å². The molecule has 0 bridgehead atoms. The molecule has 1 aliphatic carbocycles. The number of hydrogen-bond acceptors (Lipinski definition) is 4. The highest BCUT2D eigenvalue weighted by Gasteiger charge is 2.52. The van der Waals surface area contributed by atoms with Crippen molar-refractivity contribution in [2.75, 3.05) is 17.7 Å². The molecule has 1 spiro atoms. The fraction of sp³-hybridized carbons (Fsp3) is 0.238. The Balaban J connectivity index is 1.54. The minimum Gasteiger partial charge on any atom is -0.309 e. The number of rotatable bonds is 3. The average Bonchev–Trinajstić information content (AvgIpc) is 3.39. The standard InChI is InChI=1S/C21H18FN3OS/c1-27(26)15-6-7-17-19(10-15)25(13-21(17)8-9-21)20-23-11-14(12-24-20)16-4-2-3-5-18(16)22/h2-7,10-12H,8-9,13H2,1H3. The maximum absolute atomic E-state index is 14.0. The van der Waals surface area contributed by atoms with Crippen molar-refractivity contribution in [2.45, 2.75) is 23.2 Å². The third-order valence-electron chi connectivity index (χ3n) is 5.54. The number of aromatic nitrogens is 2. The van der Waals surface area contributed by atoms with Crippen LogP contribution in [-0.4, -0.2) is 27.0 Å². The van der Waals surface area contributed by atoms with E-state index in [4.69, 9.17) is 0 Å². The van der Waals surface area contributed by atoms with Crippen molar-refractivity contribution < 1.29 is 8.60 Å².